The zero-order chi connectivity index (χ0) is 14.7. The first-order chi connectivity index (χ1) is 9.60. The van der Waals surface area contributed by atoms with Crippen LogP contribution in [0.5, 0.6) is 0 Å². The standard InChI is InChI=1S/C16H22FN3/c1-5-13-10-15(20(6-2)19-13)16(18-4)12-7-8-14(17)11(3)9-12/h7-10,16,18H,5-6H2,1-4H3. The van der Waals surface area contributed by atoms with Crippen molar-refractivity contribution >= 4 is 0 Å². The van der Waals surface area contributed by atoms with Crippen LogP contribution in [0.3, 0.4) is 0 Å². The summed E-state index contributed by atoms with van der Waals surface area (Å²) in [6.07, 6.45) is 0.916. The van der Waals surface area contributed by atoms with Crippen LogP contribution >= 0.6 is 0 Å². The van der Waals surface area contributed by atoms with Gasteiger partial charge in [-0.25, -0.2) is 4.39 Å². The van der Waals surface area contributed by atoms with Gasteiger partial charge in [-0.2, -0.15) is 5.10 Å². The van der Waals surface area contributed by atoms with Gasteiger partial charge in [-0.3, -0.25) is 4.68 Å². The lowest BCUT2D eigenvalue weighted by Crippen LogP contribution is -2.21. The Bertz CT molecular complexity index is 589. The molecule has 2 aromatic rings. The van der Waals surface area contributed by atoms with Gasteiger partial charge in [0.1, 0.15) is 5.82 Å². The minimum atomic E-state index is -0.165. The normalized spacial score (nSPS) is 12.7. The monoisotopic (exact) mass is 275 g/mol. The number of rotatable bonds is 5. The third-order valence-electron chi connectivity index (χ3n) is 3.62. The third-order valence-corrected chi connectivity index (χ3v) is 3.62. The zero-order valence-corrected chi connectivity index (χ0v) is 12.6. The van der Waals surface area contributed by atoms with Crippen molar-refractivity contribution in [2.75, 3.05) is 7.05 Å². The fourth-order valence-electron chi connectivity index (χ4n) is 2.48. The van der Waals surface area contributed by atoms with E-state index in [9.17, 15) is 4.39 Å². The van der Waals surface area contributed by atoms with Crippen LogP contribution in [0.15, 0.2) is 24.3 Å². The van der Waals surface area contributed by atoms with Crippen molar-refractivity contribution in [3.8, 4) is 0 Å². The maximum absolute atomic E-state index is 13.4. The van der Waals surface area contributed by atoms with E-state index in [2.05, 4.69) is 30.3 Å². The van der Waals surface area contributed by atoms with E-state index in [0.29, 0.717) is 5.56 Å². The lowest BCUT2D eigenvalue weighted by atomic mass is 10.0. The van der Waals surface area contributed by atoms with Crippen molar-refractivity contribution in [2.24, 2.45) is 0 Å². The van der Waals surface area contributed by atoms with E-state index >= 15 is 0 Å². The Labute approximate surface area is 119 Å². The quantitative estimate of drug-likeness (QED) is 0.908. The lowest BCUT2D eigenvalue weighted by molar-refractivity contribution is 0.558. The van der Waals surface area contributed by atoms with Crippen molar-refractivity contribution in [2.45, 2.75) is 39.8 Å². The number of nitrogens with zero attached hydrogens (tertiary/aromatic N) is 2. The summed E-state index contributed by atoms with van der Waals surface area (Å²) in [5.41, 5.74) is 3.93. The fourth-order valence-corrected chi connectivity index (χ4v) is 2.48. The smallest absolute Gasteiger partial charge is 0.126 e. The van der Waals surface area contributed by atoms with E-state index in [1.165, 1.54) is 6.07 Å². The van der Waals surface area contributed by atoms with E-state index in [1.807, 2.05) is 23.9 Å². The minimum absolute atomic E-state index is 0.0297. The maximum atomic E-state index is 13.4. The molecule has 1 heterocycles. The molecule has 0 aliphatic heterocycles. The Balaban J connectivity index is 2.45. The second kappa shape index (κ2) is 6.18. The Morgan fingerprint density at radius 3 is 2.60 bits per heavy atom. The SMILES string of the molecule is CCc1cc(C(NC)c2ccc(F)c(C)c2)n(CC)n1. The predicted molar refractivity (Wildman–Crippen MR) is 79.3 cm³/mol. The number of halogens is 1. The Kier molecular flexibility index (Phi) is 4.55. The van der Waals surface area contributed by atoms with Crippen molar-refractivity contribution in [3.63, 3.8) is 0 Å². The van der Waals surface area contributed by atoms with Crippen molar-refractivity contribution in [1.29, 1.82) is 0 Å². The number of hydrogen-bond donors (Lipinski definition) is 1. The van der Waals surface area contributed by atoms with Gasteiger partial charge >= 0.3 is 0 Å². The molecule has 0 aliphatic carbocycles. The fraction of sp³-hybridized carbons (Fsp3) is 0.438. The Morgan fingerprint density at radius 2 is 2.05 bits per heavy atom. The molecule has 1 atom stereocenters. The van der Waals surface area contributed by atoms with Gasteiger partial charge in [0.05, 0.1) is 17.4 Å². The molecule has 0 saturated heterocycles. The van der Waals surface area contributed by atoms with Gasteiger partial charge in [-0.15, -0.1) is 0 Å². The van der Waals surface area contributed by atoms with Crippen LogP contribution in [0.1, 0.15) is 42.4 Å². The van der Waals surface area contributed by atoms with Crippen LogP contribution in [0.2, 0.25) is 0 Å². The Hall–Kier alpha value is -1.68. The van der Waals surface area contributed by atoms with Gasteiger partial charge in [0, 0.05) is 6.54 Å². The molecule has 0 amide bonds. The molecule has 108 valence electrons. The largest absolute Gasteiger partial charge is 0.308 e. The molecule has 0 radical (unpaired) electrons. The Morgan fingerprint density at radius 1 is 1.30 bits per heavy atom. The molecule has 0 fully saturated rings. The van der Waals surface area contributed by atoms with Crippen molar-refractivity contribution in [1.82, 2.24) is 15.1 Å². The molecule has 1 aromatic heterocycles. The van der Waals surface area contributed by atoms with Gasteiger partial charge in [-0.05, 0) is 50.6 Å². The number of hydrogen-bond acceptors (Lipinski definition) is 2. The zero-order valence-electron chi connectivity index (χ0n) is 12.6. The molecule has 1 aromatic carbocycles. The molecule has 0 aliphatic rings. The maximum Gasteiger partial charge on any atom is 0.126 e. The van der Waals surface area contributed by atoms with E-state index < -0.39 is 0 Å². The third kappa shape index (κ3) is 2.75. The molecule has 3 nitrogen and oxygen atoms in total. The topological polar surface area (TPSA) is 29.9 Å². The number of benzene rings is 1. The van der Waals surface area contributed by atoms with Crippen LogP contribution in [-0.2, 0) is 13.0 Å². The van der Waals surface area contributed by atoms with Gasteiger partial charge < -0.3 is 5.32 Å². The molecule has 0 bridgehead atoms. The van der Waals surface area contributed by atoms with Gasteiger partial charge in [0.2, 0.25) is 0 Å². The average Bonchev–Trinajstić information content (AvgIpc) is 2.87. The second-order valence-corrected chi connectivity index (χ2v) is 4.96. The minimum Gasteiger partial charge on any atom is -0.308 e. The molecule has 2 rings (SSSR count). The van der Waals surface area contributed by atoms with Crippen LogP contribution in [-0.4, -0.2) is 16.8 Å². The van der Waals surface area contributed by atoms with E-state index in [1.54, 1.807) is 6.92 Å². The highest BCUT2D eigenvalue weighted by Crippen LogP contribution is 2.24. The second-order valence-electron chi connectivity index (χ2n) is 4.96. The van der Waals surface area contributed by atoms with E-state index in [0.717, 1.165) is 29.9 Å². The molecular weight excluding hydrogens is 253 g/mol. The van der Waals surface area contributed by atoms with Gasteiger partial charge in [-0.1, -0.05) is 19.1 Å². The predicted octanol–water partition coefficient (Wildman–Crippen LogP) is 3.22. The summed E-state index contributed by atoms with van der Waals surface area (Å²) < 4.78 is 15.4. The summed E-state index contributed by atoms with van der Waals surface area (Å²) in [6.45, 7) is 6.80. The van der Waals surface area contributed by atoms with E-state index in [-0.39, 0.29) is 11.9 Å². The summed E-state index contributed by atoms with van der Waals surface area (Å²) in [6, 6.07) is 7.42. The number of nitrogens with one attached hydrogen (secondary N) is 1. The lowest BCUT2D eigenvalue weighted by Gasteiger charge is -2.18. The first kappa shape index (κ1) is 14.7. The van der Waals surface area contributed by atoms with Gasteiger partial charge in [0.25, 0.3) is 0 Å². The van der Waals surface area contributed by atoms with Crippen LogP contribution in [0.25, 0.3) is 0 Å². The molecule has 4 heteroatoms. The summed E-state index contributed by atoms with van der Waals surface area (Å²) >= 11 is 0. The average molecular weight is 275 g/mol. The van der Waals surface area contributed by atoms with Crippen LogP contribution in [0, 0.1) is 12.7 Å². The molecule has 20 heavy (non-hydrogen) atoms. The van der Waals surface area contributed by atoms with Crippen molar-refractivity contribution in [3.05, 3.63) is 52.6 Å². The molecular formula is C16H22FN3. The molecule has 0 spiro atoms. The number of aromatic nitrogens is 2. The summed E-state index contributed by atoms with van der Waals surface area (Å²) in [7, 11) is 1.92. The van der Waals surface area contributed by atoms with Crippen molar-refractivity contribution < 1.29 is 4.39 Å². The van der Waals surface area contributed by atoms with Crippen LogP contribution < -0.4 is 5.32 Å². The van der Waals surface area contributed by atoms with Gasteiger partial charge in [0.15, 0.2) is 0 Å². The molecule has 0 saturated carbocycles. The summed E-state index contributed by atoms with van der Waals surface area (Å²) in [5, 5.41) is 7.89. The van der Waals surface area contributed by atoms with Crippen LogP contribution in [0.4, 0.5) is 4.39 Å². The highest BCUT2D eigenvalue weighted by atomic mass is 19.1. The van der Waals surface area contributed by atoms with E-state index in [4.69, 9.17) is 0 Å². The molecule has 1 N–H and O–H groups in total. The highest BCUT2D eigenvalue weighted by Gasteiger charge is 2.18. The summed E-state index contributed by atoms with van der Waals surface area (Å²) in [4.78, 5) is 0. The highest BCUT2D eigenvalue weighted by molar-refractivity contribution is 5.32. The number of aryl methyl sites for hydroxylation is 3. The first-order valence-electron chi connectivity index (χ1n) is 7.10. The molecule has 1 unspecified atom stereocenters. The summed E-state index contributed by atoms with van der Waals surface area (Å²) in [5.74, 6) is -0.165. The first-order valence-corrected chi connectivity index (χ1v) is 7.10.